The summed E-state index contributed by atoms with van der Waals surface area (Å²) in [7, 11) is 2.00. The minimum atomic E-state index is -0.240. The van der Waals surface area contributed by atoms with Crippen LogP contribution in [0.3, 0.4) is 0 Å². The lowest BCUT2D eigenvalue weighted by molar-refractivity contribution is 0.602. The molecule has 0 saturated heterocycles. The molecule has 1 aliphatic rings. The van der Waals surface area contributed by atoms with Gasteiger partial charge in [-0.15, -0.1) is 0 Å². The Kier molecular flexibility index (Phi) is 3.47. The number of aromatic nitrogens is 2. The molecular formula is C12H20N4O. The van der Waals surface area contributed by atoms with Crippen molar-refractivity contribution < 1.29 is 0 Å². The first-order valence-corrected chi connectivity index (χ1v) is 6.12. The van der Waals surface area contributed by atoms with Crippen LogP contribution in [0.4, 0.5) is 5.82 Å². The summed E-state index contributed by atoms with van der Waals surface area (Å²) >= 11 is 0. The van der Waals surface area contributed by atoms with Crippen molar-refractivity contribution in [3.05, 3.63) is 21.7 Å². The zero-order valence-corrected chi connectivity index (χ0v) is 10.7. The quantitative estimate of drug-likeness (QED) is 0.802. The zero-order chi connectivity index (χ0) is 12.4. The van der Waals surface area contributed by atoms with Gasteiger partial charge in [0.1, 0.15) is 5.82 Å². The summed E-state index contributed by atoms with van der Waals surface area (Å²) in [4.78, 5) is 20.6. The van der Waals surface area contributed by atoms with E-state index in [2.05, 4.69) is 34.0 Å². The number of hydrogen-bond acceptors (Lipinski definition) is 4. The van der Waals surface area contributed by atoms with Gasteiger partial charge in [0.05, 0.1) is 0 Å². The smallest absolute Gasteiger partial charge is 0.347 e. The van der Waals surface area contributed by atoms with Crippen molar-refractivity contribution in [1.82, 2.24) is 15.3 Å². The Bertz CT molecular complexity index is 452. The van der Waals surface area contributed by atoms with Crippen molar-refractivity contribution in [3.63, 3.8) is 0 Å². The van der Waals surface area contributed by atoms with Crippen molar-refractivity contribution in [1.29, 1.82) is 0 Å². The van der Waals surface area contributed by atoms with Gasteiger partial charge in [0, 0.05) is 44.4 Å². The molecule has 0 radical (unpaired) electrons. The van der Waals surface area contributed by atoms with Gasteiger partial charge in [-0.25, -0.2) is 4.79 Å². The molecule has 0 saturated carbocycles. The Balaban J connectivity index is 2.38. The van der Waals surface area contributed by atoms with Crippen LogP contribution in [0.5, 0.6) is 0 Å². The summed E-state index contributed by atoms with van der Waals surface area (Å²) in [6.45, 7) is 6.93. The predicted molar refractivity (Wildman–Crippen MR) is 68.4 cm³/mol. The number of nitrogens with zero attached hydrogens (tertiary/aromatic N) is 2. The molecule has 1 aromatic heterocycles. The highest BCUT2D eigenvalue weighted by Crippen LogP contribution is 2.20. The molecule has 1 aliphatic heterocycles. The molecule has 0 aromatic carbocycles. The summed E-state index contributed by atoms with van der Waals surface area (Å²) in [5.41, 5.74) is 1.93. The fraction of sp³-hybridized carbons (Fsp3) is 0.667. The normalized spacial score (nSPS) is 14.8. The van der Waals surface area contributed by atoms with Gasteiger partial charge >= 0.3 is 5.69 Å². The van der Waals surface area contributed by atoms with Crippen LogP contribution >= 0.6 is 0 Å². The first-order valence-electron chi connectivity index (χ1n) is 6.12. The van der Waals surface area contributed by atoms with E-state index in [4.69, 9.17) is 0 Å². The fourth-order valence-corrected chi connectivity index (χ4v) is 2.31. The van der Waals surface area contributed by atoms with E-state index in [-0.39, 0.29) is 5.69 Å². The van der Waals surface area contributed by atoms with Crippen molar-refractivity contribution in [2.24, 2.45) is 5.92 Å². The third kappa shape index (κ3) is 2.66. The first-order chi connectivity index (χ1) is 8.08. The van der Waals surface area contributed by atoms with E-state index in [0.29, 0.717) is 5.92 Å². The highest BCUT2D eigenvalue weighted by Gasteiger charge is 2.18. The van der Waals surface area contributed by atoms with Crippen LogP contribution in [0.15, 0.2) is 4.79 Å². The highest BCUT2D eigenvalue weighted by molar-refractivity contribution is 5.48. The van der Waals surface area contributed by atoms with Crippen LogP contribution in [0.2, 0.25) is 0 Å². The first kappa shape index (κ1) is 12.1. The largest absolute Gasteiger partial charge is 0.359 e. The summed E-state index contributed by atoms with van der Waals surface area (Å²) in [5.74, 6) is 1.37. The Morgan fingerprint density at radius 3 is 2.94 bits per heavy atom. The molecule has 17 heavy (non-hydrogen) atoms. The molecule has 0 unspecified atom stereocenters. The molecule has 0 aliphatic carbocycles. The minimum absolute atomic E-state index is 0.240. The summed E-state index contributed by atoms with van der Waals surface area (Å²) in [6.07, 6.45) is 0.871. The molecule has 2 heterocycles. The second-order valence-electron chi connectivity index (χ2n) is 5.02. The maximum absolute atomic E-state index is 11.5. The molecule has 0 atom stereocenters. The third-order valence-corrected chi connectivity index (χ3v) is 2.95. The number of fused-ring (bicyclic) bond motifs is 1. The van der Waals surface area contributed by atoms with Crippen molar-refractivity contribution in [2.75, 3.05) is 25.0 Å². The van der Waals surface area contributed by atoms with Crippen LogP contribution in [0.1, 0.15) is 25.1 Å². The van der Waals surface area contributed by atoms with Gasteiger partial charge in [0.15, 0.2) is 0 Å². The predicted octanol–water partition coefficient (Wildman–Crippen LogP) is 0.508. The van der Waals surface area contributed by atoms with Gasteiger partial charge in [-0.05, 0) is 5.92 Å². The molecule has 0 amide bonds. The van der Waals surface area contributed by atoms with Crippen LogP contribution in [0, 0.1) is 5.92 Å². The highest BCUT2D eigenvalue weighted by atomic mass is 16.1. The number of aromatic amines is 1. The topological polar surface area (TPSA) is 61.0 Å². The summed E-state index contributed by atoms with van der Waals surface area (Å²) < 4.78 is 0. The van der Waals surface area contributed by atoms with E-state index in [0.717, 1.165) is 43.1 Å². The average Bonchev–Trinajstić information content (AvgIpc) is 2.26. The van der Waals surface area contributed by atoms with Gasteiger partial charge in [0.2, 0.25) is 0 Å². The summed E-state index contributed by atoms with van der Waals surface area (Å²) in [5, 5.41) is 3.32. The monoisotopic (exact) mass is 236 g/mol. The van der Waals surface area contributed by atoms with E-state index < -0.39 is 0 Å². The SMILES string of the molecule is CC(C)CN(C)c1nc(=O)[nH]c2c1CNCC2. The molecule has 5 heteroatoms. The summed E-state index contributed by atoms with van der Waals surface area (Å²) in [6, 6.07) is 0. The Labute approximate surface area is 101 Å². The molecule has 2 N–H and O–H groups in total. The fourth-order valence-electron chi connectivity index (χ4n) is 2.31. The Hall–Kier alpha value is -1.36. The molecule has 94 valence electrons. The van der Waals surface area contributed by atoms with Crippen molar-refractivity contribution in [3.8, 4) is 0 Å². The Morgan fingerprint density at radius 1 is 1.47 bits per heavy atom. The van der Waals surface area contributed by atoms with Crippen LogP contribution in [-0.4, -0.2) is 30.1 Å². The second-order valence-corrected chi connectivity index (χ2v) is 5.02. The number of hydrogen-bond donors (Lipinski definition) is 2. The number of rotatable bonds is 3. The standard InChI is InChI=1S/C12H20N4O/c1-8(2)7-16(3)11-9-6-13-5-4-10(9)14-12(17)15-11/h8,13H,4-7H2,1-3H3,(H,14,15,17). The number of anilines is 1. The van der Waals surface area contributed by atoms with Crippen molar-refractivity contribution in [2.45, 2.75) is 26.8 Å². The van der Waals surface area contributed by atoms with Crippen LogP contribution in [0.25, 0.3) is 0 Å². The van der Waals surface area contributed by atoms with Gasteiger partial charge in [0.25, 0.3) is 0 Å². The Morgan fingerprint density at radius 2 is 2.24 bits per heavy atom. The molecule has 2 rings (SSSR count). The lowest BCUT2D eigenvalue weighted by atomic mass is 10.1. The van der Waals surface area contributed by atoms with Gasteiger partial charge in [-0.1, -0.05) is 13.8 Å². The molecule has 5 nitrogen and oxygen atoms in total. The maximum Gasteiger partial charge on any atom is 0.347 e. The molecule has 0 fully saturated rings. The van der Waals surface area contributed by atoms with Crippen LogP contribution in [-0.2, 0) is 13.0 Å². The van der Waals surface area contributed by atoms with E-state index in [9.17, 15) is 4.79 Å². The maximum atomic E-state index is 11.5. The van der Waals surface area contributed by atoms with Crippen LogP contribution < -0.4 is 15.9 Å². The molecule has 0 bridgehead atoms. The van der Waals surface area contributed by atoms with Gasteiger partial charge in [-0.3, -0.25) is 0 Å². The lowest BCUT2D eigenvalue weighted by Gasteiger charge is -2.26. The van der Waals surface area contributed by atoms with E-state index in [1.165, 1.54) is 0 Å². The van der Waals surface area contributed by atoms with Gasteiger partial charge < -0.3 is 15.2 Å². The average molecular weight is 236 g/mol. The van der Waals surface area contributed by atoms with E-state index in [1.54, 1.807) is 0 Å². The number of H-pyrrole nitrogens is 1. The number of nitrogens with one attached hydrogen (secondary N) is 2. The second kappa shape index (κ2) is 4.87. The van der Waals surface area contributed by atoms with Gasteiger partial charge in [-0.2, -0.15) is 4.98 Å². The van der Waals surface area contributed by atoms with E-state index in [1.807, 2.05) is 7.05 Å². The zero-order valence-electron chi connectivity index (χ0n) is 10.7. The molecule has 0 spiro atoms. The van der Waals surface area contributed by atoms with Crippen molar-refractivity contribution >= 4 is 5.82 Å². The molecular weight excluding hydrogens is 216 g/mol. The third-order valence-electron chi connectivity index (χ3n) is 2.95. The lowest BCUT2D eigenvalue weighted by Crippen LogP contribution is -2.34. The minimum Gasteiger partial charge on any atom is -0.359 e. The van der Waals surface area contributed by atoms with E-state index >= 15 is 0 Å². The molecule has 1 aromatic rings.